The van der Waals surface area contributed by atoms with Crippen LogP contribution in [0.1, 0.15) is 5.69 Å². The molecule has 0 saturated heterocycles. The van der Waals surface area contributed by atoms with Crippen LogP contribution in [0.2, 0.25) is 0 Å². The maximum atomic E-state index is 8.48. The first-order valence-electron chi connectivity index (χ1n) is 3.61. The maximum Gasteiger partial charge on any atom is 0.0945 e. The molecule has 0 radical (unpaired) electrons. The van der Waals surface area contributed by atoms with E-state index in [1.807, 2.05) is 17.8 Å². The normalized spacial score (nSPS) is 10.4. The number of nitrogens with one attached hydrogen (secondary N) is 1. The van der Waals surface area contributed by atoms with E-state index in [0.29, 0.717) is 6.54 Å². The lowest BCUT2D eigenvalue weighted by atomic mass is 10.4. The molecular weight excluding hydrogens is 142 g/mol. The number of aryl methyl sites for hydroxylation is 1. The van der Waals surface area contributed by atoms with Crippen molar-refractivity contribution in [1.29, 1.82) is 0 Å². The van der Waals surface area contributed by atoms with Gasteiger partial charge in [-0.15, -0.1) is 0 Å². The van der Waals surface area contributed by atoms with Gasteiger partial charge in [0.1, 0.15) is 0 Å². The molecule has 0 fully saturated rings. The molecule has 2 N–H and O–H groups in total. The number of aliphatic hydroxyl groups is 1. The summed E-state index contributed by atoms with van der Waals surface area (Å²) in [6.07, 6.45) is 3.57. The van der Waals surface area contributed by atoms with Crippen LogP contribution < -0.4 is 5.32 Å². The number of aliphatic hydroxyl groups excluding tert-OH is 1. The zero-order valence-electron chi connectivity index (χ0n) is 6.62. The van der Waals surface area contributed by atoms with Gasteiger partial charge in [-0.1, -0.05) is 0 Å². The Morgan fingerprint density at radius 2 is 2.55 bits per heavy atom. The van der Waals surface area contributed by atoms with Crippen LogP contribution in [0.4, 0.5) is 0 Å². The zero-order valence-corrected chi connectivity index (χ0v) is 6.62. The molecule has 0 aromatic carbocycles. The lowest BCUT2D eigenvalue weighted by molar-refractivity contribution is 0.291. The molecule has 0 unspecified atom stereocenters. The Balaban J connectivity index is 2.32. The van der Waals surface area contributed by atoms with E-state index in [-0.39, 0.29) is 6.61 Å². The van der Waals surface area contributed by atoms with E-state index in [4.69, 9.17) is 5.11 Å². The van der Waals surface area contributed by atoms with Gasteiger partial charge in [0.15, 0.2) is 0 Å². The van der Waals surface area contributed by atoms with Crippen molar-refractivity contribution in [2.75, 3.05) is 13.2 Å². The van der Waals surface area contributed by atoms with Gasteiger partial charge in [-0.05, 0) is 0 Å². The van der Waals surface area contributed by atoms with Crippen molar-refractivity contribution >= 4 is 0 Å². The van der Waals surface area contributed by atoms with E-state index in [1.165, 1.54) is 0 Å². The smallest absolute Gasteiger partial charge is 0.0945 e. The number of imidazole rings is 1. The summed E-state index contributed by atoms with van der Waals surface area (Å²) in [4.78, 5) is 3.96. The third-order valence-corrected chi connectivity index (χ3v) is 1.51. The number of hydrogen-bond acceptors (Lipinski definition) is 3. The molecule has 1 rings (SSSR count). The van der Waals surface area contributed by atoms with E-state index < -0.39 is 0 Å². The van der Waals surface area contributed by atoms with Crippen molar-refractivity contribution in [2.24, 2.45) is 7.05 Å². The summed E-state index contributed by atoms with van der Waals surface area (Å²) in [5.74, 6) is 0. The average Bonchev–Trinajstić information content (AvgIpc) is 2.37. The Morgan fingerprint density at radius 1 is 1.73 bits per heavy atom. The molecule has 1 aromatic rings. The minimum absolute atomic E-state index is 0.178. The lowest BCUT2D eigenvalue weighted by Gasteiger charge is -2.02. The van der Waals surface area contributed by atoms with E-state index in [2.05, 4.69) is 10.3 Å². The third-order valence-electron chi connectivity index (χ3n) is 1.51. The fourth-order valence-corrected chi connectivity index (χ4v) is 0.850. The minimum atomic E-state index is 0.178. The molecule has 0 saturated carbocycles. The van der Waals surface area contributed by atoms with Crippen molar-refractivity contribution in [3.05, 3.63) is 18.2 Å². The van der Waals surface area contributed by atoms with E-state index in [0.717, 1.165) is 12.2 Å². The van der Waals surface area contributed by atoms with Crippen molar-refractivity contribution in [3.63, 3.8) is 0 Å². The third kappa shape index (κ3) is 2.32. The number of rotatable bonds is 4. The zero-order chi connectivity index (χ0) is 8.10. The monoisotopic (exact) mass is 155 g/mol. The fraction of sp³-hybridized carbons (Fsp3) is 0.571. The van der Waals surface area contributed by atoms with Gasteiger partial charge in [0.25, 0.3) is 0 Å². The molecule has 0 spiro atoms. The van der Waals surface area contributed by atoms with Crippen molar-refractivity contribution in [2.45, 2.75) is 6.54 Å². The molecule has 0 atom stereocenters. The molecule has 0 amide bonds. The van der Waals surface area contributed by atoms with Crippen molar-refractivity contribution in [3.8, 4) is 0 Å². The minimum Gasteiger partial charge on any atom is -0.395 e. The molecule has 4 heteroatoms. The SMILES string of the molecule is Cn1cncc1CNCCO. The maximum absolute atomic E-state index is 8.48. The Bertz CT molecular complexity index is 209. The second-order valence-corrected chi connectivity index (χ2v) is 2.40. The van der Waals surface area contributed by atoms with Crippen LogP contribution in [0, 0.1) is 0 Å². The number of nitrogens with zero attached hydrogens (tertiary/aromatic N) is 2. The summed E-state index contributed by atoms with van der Waals surface area (Å²) in [6, 6.07) is 0. The summed E-state index contributed by atoms with van der Waals surface area (Å²) >= 11 is 0. The van der Waals surface area contributed by atoms with Crippen molar-refractivity contribution < 1.29 is 5.11 Å². The Morgan fingerprint density at radius 3 is 3.09 bits per heavy atom. The summed E-state index contributed by atoms with van der Waals surface area (Å²) < 4.78 is 1.95. The van der Waals surface area contributed by atoms with Crippen LogP contribution >= 0.6 is 0 Å². The molecule has 0 aliphatic rings. The van der Waals surface area contributed by atoms with Crippen LogP contribution in [0.25, 0.3) is 0 Å². The first-order valence-corrected chi connectivity index (χ1v) is 3.61. The highest BCUT2D eigenvalue weighted by atomic mass is 16.3. The van der Waals surface area contributed by atoms with Crippen LogP contribution in [0.3, 0.4) is 0 Å². The highest BCUT2D eigenvalue weighted by molar-refractivity contribution is 4.96. The molecule has 0 aliphatic heterocycles. The van der Waals surface area contributed by atoms with E-state index >= 15 is 0 Å². The van der Waals surface area contributed by atoms with Gasteiger partial charge in [0.2, 0.25) is 0 Å². The van der Waals surface area contributed by atoms with Crippen LogP contribution in [-0.4, -0.2) is 27.8 Å². The highest BCUT2D eigenvalue weighted by Crippen LogP contribution is 1.93. The molecule has 1 heterocycles. The van der Waals surface area contributed by atoms with Gasteiger partial charge in [-0.3, -0.25) is 0 Å². The Hall–Kier alpha value is -0.870. The quantitative estimate of drug-likeness (QED) is 0.576. The molecular formula is C7H13N3O. The second kappa shape index (κ2) is 4.10. The van der Waals surface area contributed by atoms with Gasteiger partial charge in [-0.2, -0.15) is 0 Å². The van der Waals surface area contributed by atoms with Crippen LogP contribution in [0.15, 0.2) is 12.5 Å². The summed E-state index contributed by atoms with van der Waals surface area (Å²) in [5.41, 5.74) is 1.12. The van der Waals surface area contributed by atoms with Gasteiger partial charge in [0.05, 0.1) is 18.6 Å². The van der Waals surface area contributed by atoms with Gasteiger partial charge in [0, 0.05) is 26.3 Å². The summed E-state index contributed by atoms with van der Waals surface area (Å²) in [7, 11) is 1.95. The second-order valence-electron chi connectivity index (χ2n) is 2.40. The predicted molar refractivity (Wildman–Crippen MR) is 42.0 cm³/mol. The van der Waals surface area contributed by atoms with Gasteiger partial charge in [-0.25, -0.2) is 4.98 Å². The Labute approximate surface area is 65.9 Å². The summed E-state index contributed by atoms with van der Waals surface area (Å²) in [6.45, 7) is 1.57. The first kappa shape index (κ1) is 8.23. The summed E-state index contributed by atoms with van der Waals surface area (Å²) in [5, 5.41) is 11.5. The molecule has 62 valence electrons. The van der Waals surface area contributed by atoms with Crippen LogP contribution in [-0.2, 0) is 13.6 Å². The largest absolute Gasteiger partial charge is 0.395 e. The van der Waals surface area contributed by atoms with Gasteiger partial charge >= 0.3 is 0 Å². The van der Waals surface area contributed by atoms with Crippen LogP contribution in [0.5, 0.6) is 0 Å². The standard InChI is InChI=1S/C7H13N3O/c1-10-6-9-5-7(10)4-8-2-3-11/h5-6,8,11H,2-4H2,1H3. The highest BCUT2D eigenvalue weighted by Gasteiger charge is 1.95. The van der Waals surface area contributed by atoms with E-state index in [1.54, 1.807) is 6.33 Å². The molecule has 4 nitrogen and oxygen atoms in total. The van der Waals surface area contributed by atoms with E-state index in [9.17, 15) is 0 Å². The predicted octanol–water partition coefficient (Wildman–Crippen LogP) is -0.498. The Kier molecular flexibility index (Phi) is 3.07. The topological polar surface area (TPSA) is 50.1 Å². The van der Waals surface area contributed by atoms with Crippen molar-refractivity contribution in [1.82, 2.24) is 14.9 Å². The molecule has 1 aromatic heterocycles. The molecule has 0 bridgehead atoms. The molecule has 11 heavy (non-hydrogen) atoms. The fourth-order valence-electron chi connectivity index (χ4n) is 0.850. The lowest BCUT2D eigenvalue weighted by Crippen LogP contribution is -2.18. The van der Waals surface area contributed by atoms with Gasteiger partial charge < -0.3 is 15.0 Å². The molecule has 0 aliphatic carbocycles. The first-order chi connectivity index (χ1) is 5.34. The average molecular weight is 155 g/mol. The number of aromatic nitrogens is 2. The number of hydrogen-bond donors (Lipinski definition) is 2.